The molecule has 1 heterocycles. The second-order valence-electron chi connectivity index (χ2n) is 3.71. The minimum Gasteiger partial charge on any atom is -0.476 e. The molecule has 0 saturated heterocycles. The van der Waals surface area contributed by atoms with Gasteiger partial charge in [-0.15, -0.1) is 0 Å². The van der Waals surface area contributed by atoms with Crippen LogP contribution < -0.4 is 5.32 Å². The van der Waals surface area contributed by atoms with Gasteiger partial charge in [-0.2, -0.15) is 0 Å². The maximum atomic E-state index is 12.0. The van der Waals surface area contributed by atoms with Gasteiger partial charge < -0.3 is 20.1 Å². The average molecular weight is 267 g/mol. The molecule has 0 spiro atoms. The molecule has 7 heteroatoms. The molecule has 2 amide bonds. The van der Waals surface area contributed by atoms with Crippen LogP contribution in [-0.2, 0) is 4.74 Å². The quantitative estimate of drug-likeness (QED) is 0.810. The van der Waals surface area contributed by atoms with Crippen LogP contribution in [-0.4, -0.2) is 53.8 Å². The molecule has 0 bridgehead atoms. The highest BCUT2D eigenvalue weighted by Crippen LogP contribution is 2.12. The zero-order chi connectivity index (χ0) is 14.3. The van der Waals surface area contributed by atoms with E-state index in [2.05, 4.69) is 10.3 Å². The number of urea groups is 1. The summed E-state index contributed by atoms with van der Waals surface area (Å²) in [6.07, 6.45) is 1.36. The normalized spacial score (nSPS) is 10.0. The van der Waals surface area contributed by atoms with E-state index >= 15 is 0 Å². The Bertz CT molecular complexity index is 450. The average Bonchev–Trinajstić information content (AvgIpc) is 2.40. The van der Waals surface area contributed by atoms with Crippen molar-refractivity contribution >= 4 is 17.7 Å². The fourth-order valence-electron chi connectivity index (χ4n) is 1.48. The zero-order valence-corrected chi connectivity index (χ0v) is 10.9. The van der Waals surface area contributed by atoms with Crippen LogP contribution in [0.25, 0.3) is 0 Å². The molecule has 1 aromatic heterocycles. The summed E-state index contributed by atoms with van der Waals surface area (Å²) < 4.78 is 4.91. The van der Waals surface area contributed by atoms with Crippen molar-refractivity contribution in [2.75, 3.05) is 32.1 Å². The third-order valence-corrected chi connectivity index (χ3v) is 2.49. The number of nitrogens with zero attached hydrogens (tertiary/aromatic N) is 2. The topological polar surface area (TPSA) is 91.8 Å². The first-order valence-corrected chi connectivity index (χ1v) is 5.83. The van der Waals surface area contributed by atoms with Crippen LogP contribution in [0.3, 0.4) is 0 Å². The van der Waals surface area contributed by atoms with E-state index in [-0.39, 0.29) is 17.4 Å². The number of aromatic carboxylic acids is 1. The highest BCUT2D eigenvalue weighted by molar-refractivity contribution is 5.98. The van der Waals surface area contributed by atoms with Crippen molar-refractivity contribution in [3.05, 3.63) is 24.0 Å². The van der Waals surface area contributed by atoms with Crippen molar-refractivity contribution in [1.29, 1.82) is 0 Å². The van der Waals surface area contributed by atoms with E-state index in [9.17, 15) is 9.59 Å². The molecule has 104 valence electrons. The van der Waals surface area contributed by atoms with Crippen molar-refractivity contribution in [3.63, 3.8) is 0 Å². The van der Waals surface area contributed by atoms with Crippen molar-refractivity contribution in [1.82, 2.24) is 9.88 Å². The van der Waals surface area contributed by atoms with Gasteiger partial charge in [0.1, 0.15) is 0 Å². The Kier molecular flexibility index (Phi) is 5.74. The maximum Gasteiger partial charge on any atom is 0.356 e. The highest BCUT2D eigenvalue weighted by atomic mass is 16.5. The summed E-state index contributed by atoms with van der Waals surface area (Å²) in [4.78, 5) is 28.2. The van der Waals surface area contributed by atoms with Gasteiger partial charge in [0.05, 0.1) is 12.3 Å². The van der Waals surface area contributed by atoms with E-state index in [1.165, 1.54) is 17.2 Å². The molecule has 1 rings (SSSR count). The molecule has 0 aliphatic carbocycles. The van der Waals surface area contributed by atoms with E-state index < -0.39 is 5.97 Å². The molecule has 0 unspecified atom stereocenters. The summed E-state index contributed by atoms with van der Waals surface area (Å²) in [5.74, 6) is -1.18. The molecule has 0 fully saturated rings. The minimum atomic E-state index is -1.18. The Morgan fingerprint density at radius 1 is 1.53 bits per heavy atom. The third-order valence-electron chi connectivity index (χ3n) is 2.49. The second kappa shape index (κ2) is 7.32. The molecule has 0 aliphatic heterocycles. The van der Waals surface area contributed by atoms with Gasteiger partial charge in [-0.3, -0.25) is 0 Å². The Labute approximate surface area is 111 Å². The van der Waals surface area contributed by atoms with Gasteiger partial charge in [0.15, 0.2) is 5.69 Å². The molecule has 7 nitrogen and oxygen atoms in total. The second-order valence-corrected chi connectivity index (χ2v) is 3.71. The SMILES string of the molecule is CCN(CCOC)C(=O)Nc1cccnc1C(=O)O. The number of aromatic nitrogens is 1. The van der Waals surface area contributed by atoms with E-state index in [1.54, 1.807) is 13.2 Å². The Morgan fingerprint density at radius 2 is 2.26 bits per heavy atom. The van der Waals surface area contributed by atoms with Crippen LogP contribution in [0, 0.1) is 0 Å². The Morgan fingerprint density at radius 3 is 2.84 bits per heavy atom. The Hall–Kier alpha value is -2.15. The molecule has 0 atom stereocenters. The molecule has 0 saturated carbocycles. The van der Waals surface area contributed by atoms with Crippen molar-refractivity contribution in [2.45, 2.75) is 6.92 Å². The number of methoxy groups -OCH3 is 1. The molecule has 0 aromatic carbocycles. The summed E-state index contributed by atoms with van der Waals surface area (Å²) in [6, 6.07) is 2.68. The Balaban J connectivity index is 2.78. The smallest absolute Gasteiger partial charge is 0.356 e. The van der Waals surface area contributed by atoms with Crippen LogP contribution in [0.15, 0.2) is 18.3 Å². The fourth-order valence-corrected chi connectivity index (χ4v) is 1.48. The molecule has 19 heavy (non-hydrogen) atoms. The molecule has 0 radical (unpaired) electrons. The first kappa shape index (κ1) is 14.9. The van der Waals surface area contributed by atoms with E-state index in [1.807, 2.05) is 6.92 Å². The number of rotatable bonds is 6. The number of carboxylic acids is 1. The molecular formula is C12H17N3O4. The zero-order valence-electron chi connectivity index (χ0n) is 10.9. The maximum absolute atomic E-state index is 12.0. The largest absolute Gasteiger partial charge is 0.476 e. The number of pyridine rings is 1. The number of hydrogen-bond acceptors (Lipinski definition) is 4. The van der Waals surface area contributed by atoms with Gasteiger partial charge in [0, 0.05) is 26.4 Å². The third kappa shape index (κ3) is 4.22. The number of likely N-dealkylation sites (N-methyl/N-ethyl adjacent to an activating group) is 1. The lowest BCUT2D eigenvalue weighted by Gasteiger charge is -2.21. The number of amides is 2. The van der Waals surface area contributed by atoms with Crippen LogP contribution in [0.2, 0.25) is 0 Å². The number of carbonyl (C=O) groups excluding carboxylic acids is 1. The monoisotopic (exact) mass is 267 g/mol. The van der Waals surface area contributed by atoms with Crippen LogP contribution >= 0.6 is 0 Å². The van der Waals surface area contributed by atoms with E-state index in [4.69, 9.17) is 9.84 Å². The molecule has 2 N–H and O–H groups in total. The summed E-state index contributed by atoms with van der Waals surface area (Å²) in [7, 11) is 1.55. The number of carbonyl (C=O) groups is 2. The predicted molar refractivity (Wildman–Crippen MR) is 69.3 cm³/mol. The molecule has 1 aromatic rings. The van der Waals surface area contributed by atoms with E-state index in [0.29, 0.717) is 19.7 Å². The number of ether oxygens (including phenoxy) is 1. The van der Waals surface area contributed by atoms with Crippen LogP contribution in [0.1, 0.15) is 17.4 Å². The van der Waals surface area contributed by atoms with Gasteiger partial charge in [0.2, 0.25) is 0 Å². The summed E-state index contributed by atoms with van der Waals surface area (Å²) in [6.45, 7) is 3.18. The highest BCUT2D eigenvalue weighted by Gasteiger charge is 2.16. The fraction of sp³-hybridized carbons (Fsp3) is 0.417. The lowest BCUT2D eigenvalue weighted by Crippen LogP contribution is -2.37. The predicted octanol–water partition coefficient (Wildman–Crippen LogP) is 1.28. The van der Waals surface area contributed by atoms with Crippen molar-refractivity contribution < 1.29 is 19.4 Å². The standard InChI is InChI=1S/C12H17N3O4/c1-3-15(7-8-19-2)12(18)14-9-5-4-6-13-10(9)11(16)17/h4-6H,3,7-8H2,1-2H3,(H,14,18)(H,16,17). The lowest BCUT2D eigenvalue weighted by atomic mass is 10.3. The van der Waals surface area contributed by atoms with Gasteiger partial charge >= 0.3 is 12.0 Å². The number of carboxylic acid groups (broad SMARTS) is 1. The minimum absolute atomic E-state index is 0.177. The van der Waals surface area contributed by atoms with Gasteiger partial charge in [-0.1, -0.05) is 0 Å². The van der Waals surface area contributed by atoms with Crippen molar-refractivity contribution in [2.24, 2.45) is 0 Å². The summed E-state index contributed by atoms with van der Waals surface area (Å²) in [5.41, 5.74) is -0.00508. The summed E-state index contributed by atoms with van der Waals surface area (Å²) in [5, 5.41) is 11.5. The molecule has 0 aliphatic rings. The van der Waals surface area contributed by atoms with Crippen LogP contribution in [0.4, 0.5) is 10.5 Å². The first-order chi connectivity index (χ1) is 9.10. The first-order valence-electron chi connectivity index (χ1n) is 5.83. The van der Waals surface area contributed by atoms with Crippen molar-refractivity contribution in [3.8, 4) is 0 Å². The number of anilines is 1. The van der Waals surface area contributed by atoms with Gasteiger partial charge in [-0.25, -0.2) is 14.6 Å². The molecular weight excluding hydrogens is 250 g/mol. The van der Waals surface area contributed by atoms with E-state index in [0.717, 1.165) is 0 Å². The van der Waals surface area contributed by atoms with Gasteiger partial charge in [-0.05, 0) is 19.1 Å². The lowest BCUT2D eigenvalue weighted by molar-refractivity contribution is 0.0691. The summed E-state index contributed by atoms with van der Waals surface area (Å²) >= 11 is 0. The number of hydrogen-bond donors (Lipinski definition) is 2. The number of nitrogens with one attached hydrogen (secondary N) is 1. The van der Waals surface area contributed by atoms with Crippen LogP contribution in [0.5, 0.6) is 0 Å². The van der Waals surface area contributed by atoms with Gasteiger partial charge in [0.25, 0.3) is 0 Å².